The first-order valence-corrected chi connectivity index (χ1v) is 8.17. The van der Waals surface area contributed by atoms with Gasteiger partial charge in [0.2, 0.25) is 5.91 Å². The quantitative estimate of drug-likeness (QED) is 0.819. The summed E-state index contributed by atoms with van der Waals surface area (Å²) in [6.45, 7) is 6.67. The zero-order valence-corrected chi connectivity index (χ0v) is 13.8. The van der Waals surface area contributed by atoms with Gasteiger partial charge in [-0.05, 0) is 63.5 Å². The summed E-state index contributed by atoms with van der Waals surface area (Å²) < 4.78 is 0. The van der Waals surface area contributed by atoms with Crippen LogP contribution in [0.4, 0.5) is 0 Å². The lowest BCUT2D eigenvalue weighted by Crippen LogP contribution is -2.39. The summed E-state index contributed by atoms with van der Waals surface area (Å²) in [5.41, 5.74) is 0. The van der Waals surface area contributed by atoms with Gasteiger partial charge < -0.3 is 10.6 Å². The van der Waals surface area contributed by atoms with Gasteiger partial charge in [0.1, 0.15) is 0 Å². The van der Waals surface area contributed by atoms with Crippen molar-refractivity contribution in [1.29, 1.82) is 0 Å². The molecule has 0 bridgehead atoms. The molecule has 1 saturated carbocycles. The third-order valence-electron chi connectivity index (χ3n) is 5.19. The minimum atomic E-state index is 0. The molecule has 0 radical (unpaired) electrons. The predicted octanol–water partition coefficient (Wildman–Crippen LogP) is 3.13. The molecule has 1 heterocycles. The standard InChI is InChI=1S/C16H30N2O.ClH/c1-12(14-7-9-17-10-8-14)11-16(19)18-13(2)15-5-3-4-6-15;/h12-15,17H,3-11H2,1-2H3,(H,18,19);1H. The lowest BCUT2D eigenvalue weighted by molar-refractivity contribution is -0.123. The number of piperidine rings is 1. The Bertz CT molecular complexity index is 286. The van der Waals surface area contributed by atoms with Gasteiger partial charge in [0, 0.05) is 12.5 Å². The van der Waals surface area contributed by atoms with Gasteiger partial charge in [0.25, 0.3) is 0 Å². The van der Waals surface area contributed by atoms with Gasteiger partial charge in [0.15, 0.2) is 0 Å². The Morgan fingerprint density at radius 1 is 1.10 bits per heavy atom. The summed E-state index contributed by atoms with van der Waals surface area (Å²) >= 11 is 0. The summed E-state index contributed by atoms with van der Waals surface area (Å²) in [4.78, 5) is 12.1. The molecule has 2 rings (SSSR count). The topological polar surface area (TPSA) is 41.1 Å². The number of hydrogen-bond donors (Lipinski definition) is 2. The smallest absolute Gasteiger partial charge is 0.220 e. The molecule has 1 amide bonds. The first-order valence-electron chi connectivity index (χ1n) is 8.17. The van der Waals surface area contributed by atoms with Crippen molar-refractivity contribution in [2.45, 2.75) is 64.8 Å². The molecule has 2 aliphatic rings. The van der Waals surface area contributed by atoms with E-state index >= 15 is 0 Å². The molecule has 3 nitrogen and oxygen atoms in total. The molecule has 1 aliphatic heterocycles. The van der Waals surface area contributed by atoms with E-state index in [2.05, 4.69) is 24.5 Å². The number of nitrogens with one attached hydrogen (secondary N) is 2. The average Bonchev–Trinajstić information content (AvgIpc) is 2.93. The molecule has 4 heteroatoms. The highest BCUT2D eigenvalue weighted by molar-refractivity contribution is 5.85. The molecular weight excluding hydrogens is 272 g/mol. The molecule has 2 unspecified atom stereocenters. The fourth-order valence-corrected chi connectivity index (χ4v) is 3.76. The van der Waals surface area contributed by atoms with E-state index in [9.17, 15) is 4.79 Å². The van der Waals surface area contributed by atoms with Gasteiger partial charge in [-0.1, -0.05) is 19.8 Å². The van der Waals surface area contributed by atoms with Crippen molar-refractivity contribution >= 4 is 18.3 Å². The Balaban J connectivity index is 0.00000200. The molecule has 118 valence electrons. The highest BCUT2D eigenvalue weighted by Crippen LogP contribution is 2.28. The Hall–Kier alpha value is -0.280. The molecule has 0 aromatic heterocycles. The number of carbonyl (C=O) groups is 1. The maximum Gasteiger partial charge on any atom is 0.220 e. The molecular formula is C16H31ClN2O. The van der Waals surface area contributed by atoms with Gasteiger partial charge in [-0.3, -0.25) is 4.79 Å². The normalized spacial score (nSPS) is 23.9. The van der Waals surface area contributed by atoms with Crippen LogP contribution in [0.5, 0.6) is 0 Å². The van der Waals surface area contributed by atoms with Crippen molar-refractivity contribution in [1.82, 2.24) is 10.6 Å². The van der Waals surface area contributed by atoms with Crippen LogP contribution in [-0.2, 0) is 4.79 Å². The highest BCUT2D eigenvalue weighted by atomic mass is 35.5. The molecule has 1 aliphatic carbocycles. The minimum absolute atomic E-state index is 0. The van der Waals surface area contributed by atoms with E-state index in [4.69, 9.17) is 0 Å². The fraction of sp³-hybridized carbons (Fsp3) is 0.938. The van der Waals surface area contributed by atoms with Crippen LogP contribution in [-0.4, -0.2) is 25.0 Å². The molecule has 0 spiro atoms. The summed E-state index contributed by atoms with van der Waals surface area (Å²) in [5.74, 6) is 2.25. The van der Waals surface area contributed by atoms with Gasteiger partial charge in [0.05, 0.1) is 0 Å². The van der Waals surface area contributed by atoms with E-state index in [-0.39, 0.29) is 18.3 Å². The second kappa shape index (κ2) is 8.89. The Morgan fingerprint density at radius 3 is 2.30 bits per heavy atom. The van der Waals surface area contributed by atoms with Crippen LogP contribution in [0.25, 0.3) is 0 Å². The van der Waals surface area contributed by atoms with Gasteiger partial charge in [-0.25, -0.2) is 0 Å². The number of carbonyl (C=O) groups excluding carboxylic acids is 1. The van der Waals surface area contributed by atoms with E-state index in [0.717, 1.165) is 24.9 Å². The van der Waals surface area contributed by atoms with Crippen molar-refractivity contribution in [3.8, 4) is 0 Å². The molecule has 2 fully saturated rings. The first-order chi connectivity index (χ1) is 9.16. The Morgan fingerprint density at radius 2 is 1.70 bits per heavy atom. The molecule has 2 N–H and O–H groups in total. The van der Waals surface area contributed by atoms with E-state index in [1.165, 1.54) is 38.5 Å². The highest BCUT2D eigenvalue weighted by Gasteiger charge is 2.25. The average molecular weight is 303 g/mol. The molecule has 1 saturated heterocycles. The number of halogens is 1. The summed E-state index contributed by atoms with van der Waals surface area (Å²) in [6, 6.07) is 0.371. The van der Waals surface area contributed by atoms with Crippen LogP contribution in [0.2, 0.25) is 0 Å². The summed E-state index contributed by atoms with van der Waals surface area (Å²) in [6.07, 6.45) is 8.45. The first kappa shape index (κ1) is 17.8. The van der Waals surface area contributed by atoms with E-state index in [0.29, 0.717) is 18.4 Å². The summed E-state index contributed by atoms with van der Waals surface area (Å²) in [5, 5.41) is 6.63. The lowest BCUT2D eigenvalue weighted by Gasteiger charge is -2.28. The molecule has 2 atom stereocenters. The maximum atomic E-state index is 12.1. The maximum absolute atomic E-state index is 12.1. The van der Waals surface area contributed by atoms with Gasteiger partial charge in [-0.15, -0.1) is 12.4 Å². The second-order valence-electron chi connectivity index (χ2n) is 6.67. The van der Waals surface area contributed by atoms with Crippen molar-refractivity contribution in [2.75, 3.05) is 13.1 Å². The van der Waals surface area contributed by atoms with Crippen molar-refractivity contribution in [2.24, 2.45) is 17.8 Å². The minimum Gasteiger partial charge on any atom is -0.353 e. The van der Waals surface area contributed by atoms with Crippen molar-refractivity contribution < 1.29 is 4.79 Å². The van der Waals surface area contributed by atoms with E-state index in [1.807, 2.05) is 0 Å². The van der Waals surface area contributed by atoms with Crippen LogP contribution in [0.3, 0.4) is 0 Å². The summed E-state index contributed by atoms with van der Waals surface area (Å²) in [7, 11) is 0. The Kier molecular flexibility index (Phi) is 7.90. The Labute approximate surface area is 130 Å². The SMILES string of the molecule is CC(CC(=O)NC(C)C1CCCC1)C1CCNCC1.Cl. The number of amides is 1. The largest absolute Gasteiger partial charge is 0.353 e. The monoisotopic (exact) mass is 302 g/mol. The van der Waals surface area contributed by atoms with Gasteiger partial charge in [-0.2, -0.15) is 0 Å². The van der Waals surface area contributed by atoms with Crippen LogP contribution >= 0.6 is 12.4 Å². The van der Waals surface area contributed by atoms with Crippen LogP contribution < -0.4 is 10.6 Å². The fourth-order valence-electron chi connectivity index (χ4n) is 3.76. The van der Waals surface area contributed by atoms with Crippen molar-refractivity contribution in [3.63, 3.8) is 0 Å². The zero-order valence-electron chi connectivity index (χ0n) is 13.0. The third kappa shape index (κ3) is 5.25. The van der Waals surface area contributed by atoms with Crippen LogP contribution in [0, 0.1) is 17.8 Å². The number of rotatable bonds is 5. The molecule has 0 aromatic rings. The third-order valence-corrected chi connectivity index (χ3v) is 5.19. The van der Waals surface area contributed by atoms with Crippen molar-refractivity contribution in [3.05, 3.63) is 0 Å². The zero-order chi connectivity index (χ0) is 13.7. The lowest BCUT2D eigenvalue weighted by atomic mass is 9.84. The van der Waals surface area contributed by atoms with Crippen LogP contribution in [0.1, 0.15) is 58.8 Å². The molecule has 0 aromatic carbocycles. The van der Waals surface area contributed by atoms with E-state index < -0.39 is 0 Å². The van der Waals surface area contributed by atoms with E-state index in [1.54, 1.807) is 0 Å². The molecule has 20 heavy (non-hydrogen) atoms. The predicted molar refractivity (Wildman–Crippen MR) is 86.2 cm³/mol. The van der Waals surface area contributed by atoms with Crippen LogP contribution in [0.15, 0.2) is 0 Å². The number of hydrogen-bond acceptors (Lipinski definition) is 2. The second-order valence-corrected chi connectivity index (χ2v) is 6.67. The van der Waals surface area contributed by atoms with Gasteiger partial charge >= 0.3 is 0 Å².